The molecule has 0 saturated carbocycles. The number of rotatable bonds is 24. The Labute approximate surface area is 379 Å². The third-order valence-corrected chi connectivity index (χ3v) is 11.6. The minimum Gasteiger partial charge on any atom is -0.493 e. The molecule has 0 atom stereocenters. The first kappa shape index (κ1) is 49.2. The minimum atomic E-state index is -0.437. The number of hydrogen-bond donors (Lipinski definition) is 2. The molecule has 0 fully saturated rings. The highest BCUT2D eigenvalue weighted by Crippen LogP contribution is 2.38. The van der Waals surface area contributed by atoms with Crippen molar-refractivity contribution in [3.8, 4) is 50.3 Å². The van der Waals surface area contributed by atoms with Crippen molar-refractivity contribution in [2.75, 3.05) is 33.0 Å². The predicted octanol–water partition coefficient (Wildman–Crippen LogP) is 12.0. The second kappa shape index (κ2) is 24.3. The van der Waals surface area contributed by atoms with Gasteiger partial charge >= 0.3 is 11.9 Å². The maximum absolute atomic E-state index is 15.9. The molecule has 0 heterocycles. The van der Waals surface area contributed by atoms with Crippen molar-refractivity contribution in [1.29, 1.82) is 0 Å². The molecule has 5 aromatic rings. The first-order valence-electron chi connectivity index (χ1n) is 22.7. The number of esters is 2. The molecule has 0 unspecified atom stereocenters. The summed E-state index contributed by atoms with van der Waals surface area (Å²) in [6.45, 7) is 17.4. The summed E-state index contributed by atoms with van der Waals surface area (Å²) in [6.07, 6.45) is 6.25. The summed E-state index contributed by atoms with van der Waals surface area (Å²) >= 11 is 0. The van der Waals surface area contributed by atoms with Crippen molar-refractivity contribution in [3.05, 3.63) is 149 Å². The van der Waals surface area contributed by atoms with Crippen molar-refractivity contribution in [2.24, 2.45) is 5.92 Å². The molecule has 2 N–H and O–H groups in total. The molecule has 0 saturated heterocycles. The van der Waals surface area contributed by atoms with Gasteiger partial charge in [0.2, 0.25) is 0 Å². The highest BCUT2D eigenvalue weighted by atomic mass is 19.1. The Bertz CT molecular complexity index is 2340. The molecule has 0 aliphatic heterocycles. The van der Waals surface area contributed by atoms with Gasteiger partial charge in [0.25, 0.3) is 0 Å². The van der Waals surface area contributed by atoms with Crippen LogP contribution < -0.4 is 4.74 Å². The van der Waals surface area contributed by atoms with E-state index in [0.29, 0.717) is 54.6 Å². The molecule has 0 aliphatic carbocycles. The van der Waals surface area contributed by atoms with Crippen molar-refractivity contribution in [3.63, 3.8) is 0 Å². The molecule has 7 nitrogen and oxygen atoms in total. The number of carbonyl (C=O) groups excluding carboxylic acids is 2. The molecule has 0 spiro atoms. The molecule has 0 aromatic heterocycles. The van der Waals surface area contributed by atoms with Gasteiger partial charge in [0.05, 0.1) is 19.8 Å². The van der Waals surface area contributed by atoms with Crippen LogP contribution in [0.3, 0.4) is 0 Å². The van der Waals surface area contributed by atoms with E-state index in [1.807, 2.05) is 18.2 Å². The Morgan fingerprint density at radius 3 is 1.53 bits per heavy atom. The van der Waals surface area contributed by atoms with E-state index in [-0.39, 0.29) is 44.8 Å². The third kappa shape index (κ3) is 13.1. The number of aliphatic hydroxyl groups excluding tert-OH is 2. The van der Waals surface area contributed by atoms with Crippen LogP contribution in [-0.4, -0.2) is 55.2 Å². The maximum atomic E-state index is 15.9. The number of benzene rings is 5. The summed E-state index contributed by atoms with van der Waals surface area (Å²) in [7, 11) is 0. The van der Waals surface area contributed by atoms with Gasteiger partial charge in [-0.25, -0.2) is 14.0 Å². The molecule has 0 aliphatic rings. The third-order valence-electron chi connectivity index (χ3n) is 11.6. The van der Waals surface area contributed by atoms with Gasteiger partial charge in [-0.2, -0.15) is 0 Å². The van der Waals surface area contributed by atoms with Crippen LogP contribution in [0.15, 0.2) is 115 Å². The molecule has 5 aromatic carbocycles. The van der Waals surface area contributed by atoms with E-state index >= 15 is 4.39 Å². The summed E-state index contributed by atoms with van der Waals surface area (Å²) in [6, 6.07) is 31.0. The van der Waals surface area contributed by atoms with Crippen LogP contribution in [0.25, 0.3) is 44.5 Å². The first-order chi connectivity index (χ1) is 30.9. The molecule has 0 bridgehead atoms. The molecular weight excluding hydrogens is 804 g/mol. The predicted molar refractivity (Wildman–Crippen MR) is 257 cm³/mol. The lowest BCUT2D eigenvalue weighted by molar-refractivity contribution is -0.139. The largest absolute Gasteiger partial charge is 0.493 e. The SMILES string of the molecule is C=C(C)C(=O)OCCCc1cc(-c2ccc(-c3ccc(-c4ccc(-c5ccc(CCC)cc5)cc4F)c(CC)c3)cc2CC)cc(CCCOC(=O)C(=C)C)c1OCCC(CO)CO. The number of hydrogen-bond acceptors (Lipinski definition) is 7. The lowest BCUT2D eigenvalue weighted by Crippen LogP contribution is -2.16. The number of halogens is 1. The Morgan fingerprint density at radius 1 is 0.578 bits per heavy atom. The molecule has 5 rings (SSSR count). The smallest absolute Gasteiger partial charge is 0.333 e. The average Bonchev–Trinajstić information content (AvgIpc) is 3.30. The second-order valence-electron chi connectivity index (χ2n) is 16.6. The monoisotopic (exact) mass is 868 g/mol. The summed E-state index contributed by atoms with van der Waals surface area (Å²) in [5.41, 5.74) is 13.5. The van der Waals surface area contributed by atoms with Crippen molar-refractivity contribution in [2.45, 2.75) is 92.4 Å². The highest BCUT2D eigenvalue weighted by molar-refractivity contribution is 5.87. The van der Waals surface area contributed by atoms with E-state index < -0.39 is 11.9 Å². The maximum Gasteiger partial charge on any atom is 0.333 e. The van der Waals surface area contributed by atoms with Crippen LogP contribution in [0.4, 0.5) is 4.39 Å². The fourth-order valence-electron chi connectivity index (χ4n) is 7.88. The molecule has 0 radical (unpaired) electrons. The number of aryl methyl sites for hydroxylation is 5. The molecule has 64 heavy (non-hydrogen) atoms. The quantitative estimate of drug-likeness (QED) is 0.0362. The highest BCUT2D eigenvalue weighted by Gasteiger charge is 2.19. The zero-order valence-electron chi connectivity index (χ0n) is 38.4. The van der Waals surface area contributed by atoms with Gasteiger partial charge < -0.3 is 24.4 Å². The van der Waals surface area contributed by atoms with Crippen molar-refractivity contribution < 1.29 is 38.4 Å². The van der Waals surface area contributed by atoms with E-state index in [1.165, 1.54) is 5.56 Å². The normalized spacial score (nSPS) is 11.1. The second-order valence-corrected chi connectivity index (χ2v) is 16.6. The van der Waals surface area contributed by atoms with Gasteiger partial charge in [0, 0.05) is 35.8 Å². The summed E-state index contributed by atoms with van der Waals surface area (Å²) in [4.78, 5) is 24.4. The Hall–Kier alpha value is -5.83. The van der Waals surface area contributed by atoms with Crippen molar-refractivity contribution >= 4 is 11.9 Å². The molecule has 8 heteroatoms. The summed E-state index contributed by atoms with van der Waals surface area (Å²) < 4.78 is 33.3. The first-order valence-corrected chi connectivity index (χ1v) is 22.7. The van der Waals surface area contributed by atoms with Gasteiger partial charge in [0.15, 0.2) is 0 Å². The zero-order valence-corrected chi connectivity index (χ0v) is 38.4. The molecular formula is C56H65FO7. The van der Waals surface area contributed by atoms with Gasteiger partial charge in [0.1, 0.15) is 11.6 Å². The van der Waals surface area contributed by atoms with E-state index in [4.69, 9.17) is 14.2 Å². The zero-order chi connectivity index (χ0) is 46.2. The van der Waals surface area contributed by atoms with Crippen LogP contribution in [-0.2, 0) is 51.2 Å². The minimum absolute atomic E-state index is 0.151. The lowest BCUT2D eigenvalue weighted by Gasteiger charge is -2.21. The summed E-state index contributed by atoms with van der Waals surface area (Å²) in [5, 5.41) is 19.4. The molecule has 338 valence electrons. The van der Waals surface area contributed by atoms with E-state index in [1.54, 1.807) is 19.9 Å². The van der Waals surface area contributed by atoms with Gasteiger partial charge in [-0.05, 0) is 150 Å². The summed E-state index contributed by atoms with van der Waals surface area (Å²) in [5.74, 6) is -0.729. The lowest BCUT2D eigenvalue weighted by atomic mass is 9.88. The molecule has 0 amide bonds. The Balaban J connectivity index is 1.49. The van der Waals surface area contributed by atoms with E-state index in [0.717, 1.165) is 86.9 Å². The number of carbonyl (C=O) groups is 2. The fraction of sp³-hybridized carbons (Fsp3) is 0.357. The van der Waals surface area contributed by atoms with Crippen LogP contribution in [0.5, 0.6) is 5.75 Å². The van der Waals surface area contributed by atoms with Crippen molar-refractivity contribution in [1.82, 2.24) is 0 Å². The Kier molecular flexibility index (Phi) is 18.7. The van der Waals surface area contributed by atoms with Gasteiger partial charge in [-0.15, -0.1) is 0 Å². The van der Waals surface area contributed by atoms with Crippen LogP contribution in [0.2, 0.25) is 0 Å². The standard InChI is InChI=1S/C56H65FO7/c1-8-13-39-16-18-43(19-17-39)46-22-25-52(53(57)34-46)51-24-21-45(31-42(51)10-3)44-20-23-50(41(9-2)30-44)49-32-47(14-11-27-63-55(60)37(4)5)54(62-29-26-40(35-58)36-59)48(33-49)15-12-28-64-56(61)38(6)7/h16-25,30-34,40,58-59H,4,6,8-15,26-29,35-36H2,1-3,5,7H3. The number of aliphatic hydroxyl groups is 2. The Morgan fingerprint density at radius 2 is 1.05 bits per heavy atom. The van der Waals surface area contributed by atoms with E-state index in [9.17, 15) is 19.8 Å². The van der Waals surface area contributed by atoms with Crippen LogP contribution in [0, 0.1) is 11.7 Å². The van der Waals surface area contributed by atoms with E-state index in [2.05, 4.69) is 101 Å². The van der Waals surface area contributed by atoms with Gasteiger partial charge in [-0.3, -0.25) is 0 Å². The fourth-order valence-corrected chi connectivity index (χ4v) is 7.88. The van der Waals surface area contributed by atoms with Crippen LogP contribution >= 0.6 is 0 Å². The average molecular weight is 869 g/mol. The number of ether oxygens (including phenoxy) is 3. The topological polar surface area (TPSA) is 102 Å². The van der Waals surface area contributed by atoms with Gasteiger partial charge in [-0.1, -0.05) is 113 Å². The van der Waals surface area contributed by atoms with Crippen LogP contribution in [0.1, 0.15) is 88.1 Å².